The van der Waals surface area contributed by atoms with Crippen molar-refractivity contribution >= 4 is 44.4 Å². The van der Waals surface area contributed by atoms with Crippen LogP contribution in [0.15, 0.2) is 34.6 Å². The third-order valence-electron chi connectivity index (χ3n) is 4.62. The van der Waals surface area contributed by atoms with E-state index in [9.17, 15) is 14.9 Å². The number of azo groups is 1. The first-order chi connectivity index (χ1) is 14.9. The molecule has 1 N–H and O–H groups in total. The zero-order valence-electron chi connectivity index (χ0n) is 18.3. The van der Waals surface area contributed by atoms with Crippen LogP contribution in [0, 0.1) is 10.1 Å². The van der Waals surface area contributed by atoms with Crippen LogP contribution in [0.1, 0.15) is 59.3 Å². The first-order valence-electron chi connectivity index (χ1n) is 10.6. The van der Waals surface area contributed by atoms with Gasteiger partial charge in [-0.05, 0) is 42.4 Å². The predicted molar refractivity (Wildman–Crippen MR) is 125 cm³/mol. The number of hydrogen-bond donors (Lipinski definition) is 1. The Kier molecular flexibility index (Phi) is 10.0. The van der Waals surface area contributed by atoms with E-state index >= 15 is 0 Å². The van der Waals surface area contributed by atoms with Crippen molar-refractivity contribution in [2.24, 2.45) is 10.2 Å². The molecule has 0 unspecified atom stereocenters. The number of rotatable bonds is 13. The van der Waals surface area contributed by atoms with Gasteiger partial charge in [0.1, 0.15) is 11.9 Å². The van der Waals surface area contributed by atoms with Crippen molar-refractivity contribution < 1.29 is 9.72 Å². The maximum Gasteiger partial charge on any atom is 0.345 e. The van der Waals surface area contributed by atoms with E-state index in [4.69, 9.17) is 0 Å². The molecule has 9 nitrogen and oxygen atoms in total. The number of amides is 1. The number of carbonyl (C=O) groups is 1. The molecule has 10 heteroatoms. The Labute approximate surface area is 186 Å². The molecule has 0 fully saturated rings. The molecule has 0 aliphatic carbocycles. The number of thiazole rings is 1. The van der Waals surface area contributed by atoms with Crippen LogP contribution in [-0.2, 0) is 4.79 Å². The van der Waals surface area contributed by atoms with Crippen LogP contribution in [0.3, 0.4) is 0 Å². The largest absolute Gasteiger partial charge is 0.371 e. The standard InChI is InChI=1S/C21H30N6O3S/c1-4-6-8-12-26(13-9-7-5-2)17-10-11-18(19(14-17)23-16(3)28)24-25-21-22-15-20(31-21)27(29)30/h10-11,14-15H,4-9,12-13H2,1-3H3,(H,23,28). The van der Waals surface area contributed by atoms with Crippen LogP contribution in [0.5, 0.6) is 0 Å². The lowest BCUT2D eigenvalue weighted by molar-refractivity contribution is -0.380. The second-order valence-corrected chi connectivity index (χ2v) is 8.21. The maximum absolute atomic E-state index is 11.7. The highest BCUT2D eigenvalue weighted by molar-refractivity contribution is 7.18. The van der Waals surface area contributed by atoms with Gasteiger partial charge in [0.25, 0.3) is 0 Å². The summed E-state index contributed by atoms with van der Waals surface area (Å²) in [6.45, 7) is 7.74. The molecular formula is C21H30N6O3S. The summed E-state index contributed by atoms with van der Waals surface area (Å²) in [4.78, 5) is 28.3. The lowest BCUT2D eigenvalue weighted by atomic mass is 10.1. The number of benzene rings is 1. The Bertz CT molecular complexity index is 889. The van der Waals surface area contributed by atoms with Gasteiger partial charge in [0.15, 0.2) is 0 Å². The minimum atomic E-state index is -0.514. The number of unbranched alkanes of at least 4 members (excludes halogenated alkanes) is 4. The molecule has 168 valence electrons. The summed E-state index contributed by atoms with van der Waals surface area (Å²) in [5.74, 6) is -0.206. The summed E-state index contributed by atoms with van der Waals surface area (Å²) >= 11 is 0.844. The third kappa shape index (κ3) is 8.05. The summed E-state index contributed by atoms with van der Waals surface area (Å²) in [5, 5.41) is 21.9. The second kappa shape index (κ2) is 12.7. The van der Waals surface area contributed by atoms with Crippen molar-refractivity contribution in [3.63, 3.8) is 0 Å². The number of carbonyl (C=O) groups excluding carboxylic acids is 1. The minimum absolute atomic E-state index is 0.0961. The van der Waals surface area contributed by atoms with Crippen LogP contribution in [0.4, 0.5) is 27.2 Å². The SMILES string of the molecule is CCCCCN(CCCCC)c1ccc(N=Nc2ncc([N+](=O)[O-])s2)c(NC(C)=O)c1. The van der Waals surface area contributed by atoms with E-state index in [1.807, 2.05) is 12.1 Å². The number of anilines is 2. The van der Waals surface area contributed by atoms with Gasteiger partial charge < -0.3 is 10.2 Å². The van der Waals surface area contributed by atoms with Crippen LogP contribution in [0.25, 0.3) is 0 Å². The van der Waals surface area contributed by atoms with Crippen molar-refractivity contribution in [1.82, 2.24) is 4.98 Å². The van der Waals surface area contributed by atoms with Crippen molar-refractivity contribution in [3.05, 3.63) is 34.5 Å². The molecule has 2 aromatic rings. The fourth-order valence-corrected chi connectivity index (χ4v) is 3.61. The second-order valence-electron chi connectivity index (χ2n) is 7.22. The van der Waals surface area contributed by atoms with Gasteiger partial charge in [0.05, 0.1) is 10.6 Å². The van der Waals surface area contributed by atoms with E-state index in [1.165, 1.54) is 19.8 Å². The third-order valence-corrected chi connectivity index (χ3v) is 5.46. The summed E-state index contributed by atoms with van der Waals surface area (Å²) < 4.78 is 0. The smallest absolute Gasteiger partial charge is 0.345 e. The van der Waals surface area contributed by atoms with Crippen LogP contribution >= 0.6 is 11.3 Å². The molecule has 0 aliphatic rings. The molecule has 0 aliphatic heterocycles. The van der Waals surface area contributed by atoms with Crippen LogP contribution in [-0.4, -0.2) is 28.9 Å². The molecule has 0 radical (unpaired) electrons. The highest BCUT2D eigenvalue weighted by Crippen LogP contribution is 2.34. The lowest BCUT2D eigenvalue weighted by Gasteiger charge is -2.26. The van der Waals surface area contributed by atoms with Crippen molar-refractivity contribution in [1.29, 1.82) is 0 Å². The molecule has 0 bridgehead atoms. The molecule has 0 atom stereocenters. The van der Waals surface area contributed by atoms with E-state index in [0.29, 0.717) is 11.4 Å². The number of aromatic nitrogens is 1. The summed E-state index contributed by atoms with van der Waals surface area (Å²) in [5.41, 5.74) is 2.05. The summed E-state index contributed by atoms with van der Waals surface area (Å²) in [7, 11) is 0. The fraction of sp³-hybridized carbons (Fsp3) is 0.524. The molecule has 1 aromatic heterocycles. The van der Waals surface area contributed by atoms with Crippen LogP contribution < -0.4 is 10.2 Å². The number of nitrogens with zero attached hydrogens (tertiary/aromatic N) is 5. The molecule has 2 rings (SSSR count). The maximum atomic E-state index is 11.7. The zero-order chi connectivity index (χ0) is 22.6. The highest BCUT2D eigenvalue weighted by atomic mass is 32.1. The Balaban J connectivity index is 2.27. The Morgan fingerprint density at radius 3 is 2.39 bits per heavy atom. The molecular weight excluding hydrogens is 416 g/mol. The molecule has 1 amide bonds. The predicted octanol–water partition coefficient (Wildman–Crippen LogP) is 6.61. The van der Waals surface area contributed by atoms with Crippen molar-refractivity contribution in [2.75, 3.05) is 23.3 Å². The Morgan fingerprint density at radius 2 is 1.84 bits per heavy atom. The molecule has 31 heavy (non-hydrogen) atoms. The number of hydrogen-bond acceptors (Lipinski definition) is 8. The van der Waals surface area contributed by atoms with Gasteiger partial charge in [-0.25, -0.2) is 4.98 Å². The van der Waals surface area contributed by atoms with Crippen molar-refractivity contribution in [3.8, 4) is 0 Å². The zero-order valence-corrected chi connectivity index (χ0v) is 19.2. The molecule has 0 saturated heterocycles. The van der Waals surface area contributed by atoms with Gasteiger partial charge in [0, 0.05) is 25.7 Å². The first-order valence-corrected chi connectivity index (χ1v) is 11.4. The lowest BCUT2D eigenvalue weighted by Crippen LogP contribution is -2.25. The van der Waals surface area contributed by atoms with E-state index in [-0.39, 0.29) is 16.0 Å². The quantitative estimate of drug-likeness (QED) is 0.161. The molecule has 1 heterocycles. The molecule has 0 saturated carbocycles. The highest BCUT2D eigenvalue weighted by Gasteiger charge is 2.13. The van der Waals surface area contributed by atoms with Gasteiger partial charge in [0.2, 0.25) is 11.0 Å². The van der Waals surface area contributed by atoms with E-state index in [1.54, 1.807) is 6.07 Å². The fourth-order valence-electron chi connectivity index (χ4n) is 3.06. The molecule has 1 aromatic carbocycles. The Hall–Kier alpha value is -2.88. The van der Waals surface area contributed by atoms with Crippen LogP contribution in [0.2, 0.25) is 0 Å². The number of nitro groups is 1. The molecule has 0 spiro atoms. The average Bonchev–Trinajstić information content (AvgIpc) is 3.21. The first kappa shape index (κ1) is 24.4. The van der Waals surface area contributed by atoms with Gasteiger partial charge in [-0.15, -0.1) is 10.2 Å². The van der Waals surface area contributed by atoms with E-state index < -0.39 is 4.92 Å². The van der Waals surface area contributed by atoms with Gasteiger partial charge in [-0.3, -0.25) is 14.9 Å². The van der Waals surface area contributed by atoms with Gasteiger partial charge >= 0.3 is 5.00 Å². The van der Waals surface area contributed by atoms with Gasteiger partial charge in [-0.2, -0.15) is 0 Å². The van der Waals surface area contributed by atoms with Gasteiger partial charge in [-0.1, -0.05) is 39.5 Å². The van der Waals surface area contributed by atoms with Crippen molar-refractivity contribution in [2.45, 2.75) is 59.3 Å². The summed E-state index contributed by atoms with van der Waals surface area (Å²) in [6, 6.07) is 5.69. The van der Waals surface area contributed by atoms with E-state index in [2.05, 4.69) is 39.3 Å². The van der Waals surface area contributed by atoms with E-state index in [0.717, 1.165) is 62.0 Å². The monoisotopic (exact) mass is 446 g/mol. The summed E-state index contributed by atoms with van der Waals surface area (Å²) in [6.07, 6.45) is 8.05. The normalized spacial score (nSPS) is 11.1. The Morgan fingerprint density at radius 1 is 1.16 bits per heavy atom. The average molecular weight is 447 g/mol. The minimum Gasteiger partial charge on any atom is -0.371 e. The number of nitrogens with one attached hydrogen (secondary N) is 1. The topological polar surface area (TPSA) is 113 Å².